The topological polar surface area (TPSA) is 9.23 Å². The molecule has 0 atom stereocenters. The first-order valence-electron chi connectivity index (χ1n) is 3.75. The normalized spacial score (nSPS) is 11.3. The van der Waals surface area contributed by atoms with Gasteiger partial charge in [0.15, 0.2) is 0 Å². The van der Waals surface area contributed by atoms with Crippen molar-refractivity contribution < 1.29 is 4.74 Å². The zero-order valence-electron chi connectivity index (χ0n) is 7.11. The Labute approximate surface area is 63.4 Å². The summed E-state index contributed by atoms with van der Waals surface area (Å²) in [5.41, 5.74) is 0. The fourth-order valence-electron chi connectivity index (χ4n) is 0.593. The van der Waals surface area contributed by atoms with Crippen LogP contribution in [0.2, 0.25) is 0 Å². The van der Waals surface area contributed by atoms with Crippen molar-refractivity contribution in [1.29, 1.82) is 0 Å². The average molecular weight is 140 g/mol. The van der Waals surface area contributed by atoms with Gasteiger partial charge in [0.25, 0.3) is 0 Å². The van der Waals surface area contributed by atoms with Gasteiger partial charge in [-0.15, -0.1) is 0 Å². The van der Waals surface area contributed by atoms with Crippen LogP contribution in [0.3, 0.4) is 0 Å². The van der Waals surface area contributed by atoms with Crippen LogP contribution in [0, 0.1) is 0 Å². The van der Waals surface area contributed by atoms with Gasteiger partial charge >= 0.3 is 0 Å². The van der Waals surface area contributed by atoms with Crippen LogP contribution in [0.4, 0.5) is 0 Å². The minimum atomic E-state index is 0.843. The Balaban J connectivity index is 3.76. The van der Waals surface area contributed by atoms with E-state index in [-0.39, 0.29) is 0 Å². The Morgan fingerprint density at radius 2 is 2.00 bits per heavy atom. The number of hydrogen-bond donors (Lipinski definition) is 0. The van der Waals surface area contributed by atoms with Crippen molar-refractivity contribution >= 4 is 0 Å². The molecule has 0 aromatic heterocycles. The fourth-order valence-corrected chi connectivity index (χ4v) is 0.593. The standard InChI is InChI=1S/C9H16O/c1-5-8(4)10-9(6-2)7-3/h6H,4-5,7H2,1-3H3. The third-order valence-corrected chi connectivity index (χ3v) is 1.34. The molecule has 0 N–H and O–H groups in total. The van der Waals surface area contributed by atoms with Crippen molar-refractivity contribution in [1.82, 2.24) is 0 Å². The molecule has 0 heterocycles. The summed E-state index contributed by atoms with van der Waals surface area (Å²) < 4.78 is 5.36. The molecule has 0 aliphatic rings. The van der Waals surface area contributed by atoms with E-state index in [1.807, 2.05) is 19.9 Å². The van der Waals surface area contributed by atoms with Crippen LogP contribution in [0.5, 0.6) is 0 Å². The molecule has 0 saturated carbocycles. The van der Waals surface area contributed by atoms with E-state index in [2.05, 4.69) is 13.5 Å². The van der Waals surface area contributed by atoms with E-state index in [0.717, 1.165) is 24.4 Å². The van der Waals surface area contributed by atoms with Crippen molar-refractivity contribution in [2.24, 2.45) is 0 Å². The van der Waals surface area contributed by atoms with Crippen LogP contribution in [-0.2, 0) is 4.74 Å². The maximum absolute atomic E-state index is 5.36. The second-order valence-electron chi connectivity index (χ2n) is 2.10. The van der Waals surface area contributed by atoms with Gasteiger partial charge in [-0.3, -0.25) is 0 Å². The zero-order valence-corrected chi connectivity index (χ0v) is 7.11. The Bertz CT molecular complexity index is 134. The summed E-state index contributed by atoms with van der Waals surface area (Å²) in [6.45, 7) is 9.82. The summed E-state index contributed by atoms with van der Waals surface area (Å²) in [4.78, 5) is 0. The van der Waals surface area contributed by atoms with Gasteiger partial charge in [0, 0.05) is 12.8 Å². The predicted octanol–water partition coefficient (Wildman–Crippen LogP) is 3.24. The van der Waals surface area contributed by atoms with E-state index in [1.54, 1.807) is 0 Å². The maximum Gasteiger partial charge on any atom is 0.0990 e. The molecule has 0 aliphatic heterocycles. The highest BCUT2D eigenvalue weighted by molar-refractivity contribution is 4.95. The molecule has 1 heteroatoms. The number of hydrogen-bond acceptors (Lipinski definition) is 1. The summed E-state index contributed by atoms with van der Waals surface area (Å²) in [7, 11) is 0. The third kappa shape index (κ3) is 3.33. The molecule has 58 valence electrons. The van der Waals surface area contributed by atoms with Crippen molar-refractivity contribution in [3.8, 4) is 0 Å². The van der Waals surface area contributed by atoms with Crippen molar-refractivity contribution in [2.45, 2.75) is 33.6 Å². The van der Waals surface area contributed by atoms with Gasteiger partial charge in [-0.25, -0.2) is 0 Å². The van der Waals surface area contributed by atoms with Crippen LogP contribution >= 0.6 is 0 Å². The molecule has 0 fully saturated rings. The molecule has 0 bridgehead atoms. The number of ether oxygens (including phenoxy) is 1. The first kappa shape index (κ1) is 9.28. The second-order valence-corrected chi connectivity index (χ2v) is 2.10. The molecule has 10 heavy (non-hydrogen) atoms. The third-order valence-electron chi connectivity index (χ3n) is 1.34. The van der Waals surface area contributed by atoms with Crippen LogP contribution in [0.15, 0.2) is 24.2 Å². The van der Waals surface area contributed by atoms with Gasteiger partial charge in [-0.05, 0) is 13.0 Å². The molecule has 1 nitrogen and oxygen atoms in total. The van der Waals surface area contributed by atoms with Gasteiger partial charge in [-0.1, -0.05) is 20.4 Å². The quantitative estimate of drug-likeness (QED) is 0.545. The van der Waals surface area contributed by atoms with Crippen LogP contribution in [0.25, 0.3) is 0 Å². The van der Waals surface area contributed by atoms with Crippen LogP contribution in [0.1, 0.15) is 33.6 Å². The van der Waals surface area contributed by atoms with Gasteiger partial charge < -0.3 is 4.74 Å². The second kappa shape index (κ2) is 5.10. The number of rotatable bonds is 4. The monoisotopic (exact) mass is 140 g/mol. The summed E-state index contributed by atoms with van der Waals surface area (Å²) in [5, 5.41) is 0. The Kier molecular flexibility index (Phi) is 4.73. The van der Waals surface area contributed by atoms with E-state index in [9.17, 15) is 0 Å². The minimum Gasteiger partial charge on any atom is -0.467 e. The highest BCUT2D eigenvalue weighted by Gasteiger charge is 1.94. The lowest BCUT2D eigenvalue weighted by Crippen LogP contribution is -1.88. The van der Waals surface area contributed by atoms with E-state index in [1.165, 1.54) is 0 Å². The largest absolute Gasteiger partial charge is 0.467 e. The molecular weight excluding hydrogens is 124 g/mol. The SMILES string of the molecule is C=C(CC)OC(=CC)CC. The maximum atomic E-state index is 5.36. The molecule has 0 unspecified atom stereocenters. The summed E-state index contributed by atoms with van der Waals surface area (Å²) in [6.07, 6.45) is 3.80. The Morgan fingerprint density at radius 1 is 1.40 bits per heavy atom. The van der Waals surface area contributed by atoms with Crippen LogP contribution < -0.4 is 0 Å². The first-order chi connectivity index (χ1) is 4.74. The summed E-state index contributed by atoms with van der Waals surface area (Å²) in [5.74, 6) is 1.85. The molecule has 0 rings (SSSR count). The van der Waals surface area contributed by atoms with Crippen molar-refractivity contribution in [3.05, 3.63) is 24.2 Å². The molecule has 0 saturated heterocycles. The van der Waals surface area contributed by atoms with E-state index < -0.39 is 0 Å². The fraction of sp³-hybridized carbons (Fsp3) is 0.556. The lowest BCUT2D eigenvalue weighted by molar-refractivity contribution is 0.285. The van der Waals surface area contributed by atoms with Gasteiger partial charge in [-0.2, -0.15) is 0 Å². The van der Waals surface area contributed by atoms with E-state index >= 15 is 0 Å². The molecule has 0 aliphatic carbocycles. The molecular formula is C9H16O. The van der Waals surface area contributed by atoms with E-state index in [4.69, 9.17) is 4.74 Å². The molecule has 0 aromatic carbocycles. The lowest BCUT2D eigenvalue weighted by Gasteiger charge is -2.07. The van der Waals surface area contributed by atoms with Crippen molar-refractivity contribution in [3.63, 3.8) is 0 Å². The first-order valence-corrected chi connectivity index (χ1v) is 3.75. The Hall–Kier alpha value is -0.720. The molecule has 0 radical (unpaired) electrons. The highest BCUT2D eigenvalue weighted by Crippen LogP contribution is 2.09. The molecule has 0 amide bonds. The highest BCUT2D eigenvalue weighted by atomic mass is 16.5. The minimum absolute atomic E-state index is 0.843. The van der Waals surface area contributed by atoms with Gasteiger partial charge in [0.05, 0.1) is 11.5 Å². The lowest BCUT2D eigenvalue weighted by atomic mass is 10.3. The average Bonchev–Trinajstić information content (AvgIpc) is 1.99. The van der Waals surface area contributed by atoms with Crippen LogP contribution in [-0.4, -0.2) is 0 Å². The van der Waals surface area contributed by atoms with E-state index in [0.29, 0.717) is 0 Å². The smallest absolute Gasteiger partial charge is 0.0990 e. The van der Waals surface area contributed by atoms with Gasteiger partial charge in [0.1, 0.15) is 0 Å². The molecule has 0 aromatic rings. The predicted molar refractivity (Wildman–Crippen MR) is 44.6 cm³/mol. The van der Waals surface area contributed by atoms with Crippen molar-refractivity contribution in [2.75, 3.05) is 0 Å². The number of allylic oxidation sites excluding steroid dienone is 3. The van der Waals surface area contributed by atoms with Gasteiger partial charge in [0.2, 0.25) is 0 Å². The Morgan fingerprint density at radius 3 is 2.30 bits per heavy atom. The summed E-state index contributed by atoms with van der Waals surface area (Å²) in [6, 6.07) is 0. The zero-order chi connectivity index (χ0) is 7.98. The summed E-state index contributed by atoms with van der Waals surface area (Å²) >= 11 is 0. The molecule has 0 spiro atoms.